The van der Waals surface area contributed by atoms with Crippen molar-refractivity contribution in [3.8, 4) is 23.1 Å². The van der Waals surface area contributed by atoms with E-state index in [0.29, 0.717) is 71.9 Å². The Balaban J connectivity index is 1.27. The van der Waals surface area contributed by atoms with Crippen LogP contribution in [0, 0.1) is 6.92 Å². The lowest BCUT2D eigenvalue weighted by Gasteiger charge is -2.28. The molecule has 1 N–H and O–H groups in total. The van der Waals surface area contributed by atoms with Crippen LogP contribution >= 0.6 is 0 Å². The molecule has 0 bridgehead atoms. The molecule has 7 rings (SSSR count). The molecule has 0 aliphatic carbocycles. The number of benzene rings is 2. The number of hydrogen-bond acceptors (Lipinski definition) is 12. The summed E-state index contributed by atoms with van der Waals surface area (Å²) in [6.45, 7) is 10.0. The molecule has 2 fully saturated rings. The van der Waals surface area contributed by atoms with Crippen molar-refractivity contribution in [2.24, 2.45) is 0 Å². The number of carbonyl (C=O) groups is 1. The lowest BCUT2D eigenvalue weighted by Crippen LogP contribution is -2.42. The monoisotopic (exact) mass is 724 g/mol. The zero-order valence-electron chi connectivity index (χ0n) is 31.5. The fourth-order valence-corrected chi connectivity index (χ4v) is 6.91. The Morgan fingerprint density at radius 2 is 1.92 bits per heavy atom. The fraction of sp³-hybridized carbons (Fsp3) is 0.462. The van der Waals surface area contributed by atoms with Crippen molar-refractivity contribution < 1.29 is 28.5 Å². The van der Waals surface area contributed by atoms with Gasteiger partial charge < -0.3 is 38.8 Å². The minimum Gasteiger partial charge on any atom is -0.497 e. The summed E-state index contributed by atoms with van der Waals surface area (Å²) in [7, 11) is 5.05. The summed E-state index contributed by atoms with van der Waals surface area (Å²) in [5.41, 5.74) is 2.84. The molecule has 3 aromatic heterocycles. The maximum Gasteiger partial charge on any atom is 0.410 e. The Bertz CT molecular complexity index is 2110. The second kappa shape index (κ2) is 14.9. The number of nitrogens with zero attached hydrogens (tertiary/aromatic N) is 7. The Kier molecular flexibility index (Phi) is 10.1. The van der Waals surface area contributed by atoms with Gasteiger partial charge in [0, 0.05) is 51.0 Å². The topological polar surface area (TPSA) is 138 Å². The molecule has 1 unspecified atom stereocenters. The molecule has 2 atom stereocenters. The van der Waals surface area contributed by atoms with E-state index in [-0.39, 0.29) is 18.4 Å². The van der Waals surface area contributed by atoms with Crippen molar-refractivity contribution in [2.75, 3.05) is 51.2 Å². The standard InChI is InChI=1S/C39H48N8O6/c1-24-11-14-30-28(21-43-47(30)33-10-8-9-17-51-33)35(24)52-37-34-29(41-23-42-36(34)40-20-25-12-13-27(49-6)18-31(25)50-7)19-32(44-37)46-16-15-26(22-46)45(5)38(48)53-39(2,3)4/h11-14,18-19,21,23,26,33H,8-10,15-17,20,22H2,1-7H3,(H,40,41,42)/t26-,33?/m1/s1. The summed E-state index contributed by atoms with van der Waals surface area (Å²) >= 11 is 0. The molecule has 1 amide bonds. The van der Waals surface area contributed by atoms with Crippen molar-refractivity contribution in [2.45, 2.75) is 77.8 Å². The number of pyridine rings is 1. The van der Waals surface area contributed by atoms with Gasteiger partial charge in [-0.25, -0.2) is 19.4 Å². The first-order chi connectivity index (χ1) is 25.5. The van der Waals surface area contributed by atoms with Gasteiger partial charge in [0.1, 0.15) is 46.2 Å². The van der Waals surface area contributed by atoms with Crippen LogP contribution in [-0.4, -0.2) is 88.3 Å². The molecule has 0 spiro atoms. The number of likely N-dealkylation sites (N-methyl/N-ethyl adjacent to an activating group) is 1. The van der Waals surface area contributed by atoms with Gasteiger partial charge in [-0.1, -0.05) is 6.07 Å². The number of carbonyl (C=O) groups excluding carboxylic acids is 1. The Hall–Kier alpha value is -5.37. The quantitative estimate of drug-likeness (QED) is 0.155. The third-order valence-electron chi connectivity index (χ3n) is 9.78. The molecule has 14 heteroatoms. The highest BCUT2D eigenvalue weighted by molar-refractivity contribution is 5.96. The highest BCUT2D eigenvalue weighted by Crippen LogP contribution is 2.40. The summed E-state index contributed by atoms with van der Waals surface area (Å²) in [5, 5.41) is 9.73. The fourth-order valence-electron chi connectivity index (χ4n) is 6.91. The molecule has 5 heterocycles. The number of amides is 1. The predicted molar refractivity (Wildman–Crippen MR) is 202 cm³/mol. The molecular formula is C39H48N8O6. The molecule has 0 radical (unpaired) electrons. The summed E-state index contributed by atoms with van der Waals surface area (Å²) in [6.07, 6.45) is 6.70. The first-order valence-corrected chi connectivity index (χ1v) is 18.1. The van der Waals surface area contributed by atoms with Crippen LogP contribution in [0.1, 0.15) is 63.8 Å². The van der Waals surface area contributed by atoms with E-state index in [0.717, 1.165) is 47.7 Å². The summed E-state index contributed by atoms with van der Waals surface area (Å²) < 4.78 is 31.6. The second-order valence-electron chi connectivity index (χ2n) is 14.6. The Morgan fingerprint density at radius 3 is 2.68 bits per heavy atom. The molecule has 14 nitrogen and oxygen atoms in total. The average Bonchev–Trinajstić information content (AvgIpc) is 3.83. The smallest absolute Gasteiger partial charge is 0.410 e. The van der Waals surface area contributed by atoms with Crippen LogP contribution in [0.25, 0.3) is 21.8 Å². The van der Waals surface area contributed by atoms with Gasteiger partial charge in [0.2, 0.25) is 5.88 Å². The first kappa shape index (κ1) is 36.0. The van der Waals surface area contributed by atoms with E-state index in [2.05, 4.69) is 21.3 Å². The highest BCUT2D eigenvalue weighted by Gasteiger charge is 2.32. The lowest BCUT2D eigenvalue weighted by atomic mass is 10.1. The number of hydrogen-bond donors (Lipinski definition) is 1. The Morgan fingerprint density at radius 1 is 1.08 bits per heavy atom. The highest BCUT2D eigenvalue weighted by atomic mass is 16.6. The van der Waals surface area contributed by atoms with Crippen molar-refractivity contribution in [1.82, 2.24) is 29.6 Å². The largest absolute Gasteiger partial charge is 0.497 e. The van der Waals surface area contributed by atoms with Crippen LogP contribution in [0.15, 0.2) is 48.9 Å². The van der Waals surface area contributed by atoms with Crippen LogP contribution in [0.2, 0.25) is 0 Å². The van der Waals surface area contributed by atoms with Crippen LogP contribution < -0.4 is 24.4 Å². The van der Waals surface area contributed by atoms with E-state index in [9.17, 15) is 4.79 Å². The summed E-state index contributed by atoms with van der Waals surface area (Å²) in [4.78, 5) is 31.3. The molecule has 53 heavy (non-hydrogen) atoms. The summed E-state index contributed by atoms with van der Waals surface area (Å²) in [5.74, 6) is 3.63. The van der Waals surface area contributed by atoms with E-state index >= 15 is 0 Å². The number of aryl methyl sites for hydroxylation is 1. The maximum atomic E-state index is 12.9. The molecule has 2 aliphatic rings. The number of nitrogens with one attached hydrogen (secondary N) is 1. The second-order valence-corrected chi connectivity index (χ2v) is 14.6. The number of ether oxygens (including phenoxy) is 5. The van der Waals surface area contributed by atoms with Gasteiger partial charge in [-0.2, -0.15) is 10.1 Å². The minimum absolute atomic E-state index is 0.0577. The predicted octanol–water partition coefficient (Wildman–Crippen LogP) is 7.25. The third kappa shape index (κ3) is 7.59. The van der Waals surface area contributed by atoms with E-state index in [1.165, 1.54) is 6.33 Å². The van der Waals surface area contributed by atoms with E-state index < -0.39 is 5.60 Å². The van der Waals surface area contributed by atoms with Crippen molar-refractivity contribution in [3.63, 3.8) is 0 Å². The molecule has 0 saturated carbocycles. The molecule has 2 aliphatic heterocycles. The van der Waals surface area contributed by atoms with Crippen LogP contribution in [0.4, 0.5) is 16.4 Å². The molecule has 2 aromatic carbocycles. The number of aromatic nitrogens is 5. The van der Waals surface area contributed by atoms with Crippen molar-refractivity contribution >= 4 is 39.5 Å². The normalized spacial score (nSPS) is 17.6. The molecule has 2 saturated heterocycles. The van der Waals surface area contributed by atoms with Gasteiger partial charge in [-0.3, -0.25) is 0 Å². The van der Waals surface area contributed by atoms with Gasteiger partial charge in [-0.05, 0) is 77.1 Å². The van der Waals surface area contributed by atoms with Crippen molar-refractivity contribution in [3.05, 3.63) is 60.0 Å². The average molecular weight is 725 g/mol. The number of methoxy groups -OCH3 is 2. The van der Waals surface area contributed by atoms with Crippen LogP contribution in [0.5, 0.6) is 23.1 Å². The number of anilines is 2. The maximum absolute atomic E-state index is 12.9. The summed E-state index contributed by atoms with van der Waals surface area (Å²) in [6, 6.07) is 11.7. The van der Waals surface area contributed by atoms with E-state index in [1.54, 1.807) is 26.2 Å². The Labute approximate surface area is 309 Å². The van der Waals surface area contributed by atoms with Gasteiger partial charge >= 0.3 is 6.09 Å². The first-order valence-electron chi connectivity index (χ1n) is 18.1. The molecule has 5 aromatic rings. The zero-order valence-corrected chi connectivity index (χ0v) is 31.5. The minimum atomic E-state index is -0.583. The van der Waals surface area contributed by atoms with Gasteiger partial charge in [-0.15, -0.1) is 0 Å². The SMILES string of the molecule is COc1ccc(CNc2ncnc3cc(N4CC[C@@H](N(C)C(=O)OC(C)(C)C)C4)nc(Oc4c(C)ccc5c4cnn5C4CCCCO4)c23)c(OC)c1. The third-order valence-corrected chi connectivity index (χ3v) is 9.78. The van der Waals surface area contributed by atoms with Crippen molar-refractivity contribution in [1.29, 1.82) is 0 Å². The molecular weight excluding hydrogens is 676 g/mol. The number of fused-ring (bicyclic) bond motifs is 2. The van der Waals surface area contributed by atoms with Crippen LogP contribution in [0.3, 0.4) is 0 Å². The van der Waals surface area contributed by atoms with Gasteiger partial charge in [0.25, 0.3) is 0 Å². The van der Waals surface area contributed by atoms with Gasteiger partial charge in [0.05, 0.1) is 42.9 Å². The zero-order chi connectivity index (χ0) is 37.3. The van der Waals surface area contributed by atoms with E-state index in [4.69, 9.17) is 38.8 Å². The lowest BCUT2D eigenvalue weighted by molar-refractivity contribution is -0.0366. The van der Waals surface area contributed by atoms with Gasteiger partial charge in [0.15, 0.2) is 6.23 Å². The van der Waals surface area contributed by atoms with E-state index in [1.807, 2.05) is 68.9 Å². The number of rotatable bonds is 10. The molecule has 280 valence electrons. The van der Waals surface area contributed by atoms with Crippen LogP contribution in [-0.2, 0) is 16.0 Å².